The highest BCUT2D eigenvalue weighted by molar-refractivity contribution is 7.99. The molecule has 0 unspecified atom stereocenters. The van der Waals surface area contributed by atoms with Crippen LogP contribution in [0, 0.1) is 30.9 Å². The normalized spacial score (nSPS) is 10.5. The molecular weight excluding hydrogens is 290 g/mol. The van der Waals surface area contributed by atoms with E-state index in [9.17, 15) is 10.1 Å². The summed E-state index contributed by atoms with van der Waals surface area (Å²) >= 11 is 1.21. The second-order valence-corrected chi connectivity index (χ2v) is 5.45. The Balaban J connectivity index is 2.39. The first-order valence-electron chi connectivity index (χ1n) is 6.24. The van der Waals surface area contributed by atoms with Crippen LogP contribution in [0.5, 0.6) is 0 Å². The van der Waals surface area contributed by atoms with Crippen molar-refractivity contribution in [1.82, 2.24) is 15.0 Å². The van der Waals surface area contributed by atoms with E-state index in [4.69, 9.17) is 0 Å². The molecule has 0 aliphatic heterocycles. The van der Waals surface area contributed by atoms with E-state index in [1.54, 1.807) is 7.05 Å². The highest BCUT2D eigenvalue weighted by Crippen LogP contribution is 2.29. The van der Waals surface area contributed by atoms with E-state index in [1.165, 1.54) is 23.9 Å². The standard InChI is InChI=1S/C13H15N5O2S/c1-7-8(2)15-13(16-9(7)3)21-12-6-10(18(19)20)5-11(14-4)17-12/h5-6H,1-4H3,(H,14,17). The first-order chi connectivity index (χ1) is 9.90. The summed E-state index contributed by atoms with van der Waals surface area (Å²) in [4.78, 5) is 23.5. The molecule has 0 bridgehead atoms. The lowest BCUT2D eigenvalue weighted by atomic mass is 10.2. The fourth-order valence-corrected chi connectivity index (χ4v) is 2.53. The van der Waals surface area contributed by atoms with E-state index in [2.05, 4.69) is 20.3 Å². The molecule has 110 valence electrons. The molecule has 0 spiro atoms. The summed E-state index contributed by atoms with van der Waals surface area (Å²) in [6.07, 6.45) is 0. The topological polar surface area (TPSA) is 93.8 Å². The number of anilines is 1. The second-order valence-electron chi connectivity index (χ2n) is 4.46. The van der Waals surface area contributed by atoms with E-state index >= 15 is 0 Å². The minimum atomic E-state index is -0.445. The van der Waals surface area contributed by atoms with Crippen LogP contribution in [-0.2, 0) is 0 Å². The molecule has 0 aliphatic carbocycles. The van der Waals surface area contributed by atoms with Crippen LogP contribution in [0.1, 0.15) is 17.0 Å². The molecule has 0 radical (unpaired) electrons. The van der Waals surface area contributed by atoms with Crippen molar-refractivity contribution >= 4 is 23.3 Å². The van der Waals surface area contributed by atoms with Crippen molar-refractivity contribution < 1.29 is 4.92 Å². The van der Waals surface area contributed by atoms with Crippen LogP contribution >= 0.6 is 11.8 Å². The summed E-state index contributed by atoms with van der Waals surface area (Å²) in [5.74, 6) is 0.437. The summed E-state index contributed by atoms with van der Waals surface area (Å²) in [6.45, 7) is 5.78. The maximum absolute atomic E-state index is 10.9. The number of nitrogens with one attached hydrogen (secondary N) is 1. The Bertz CT molecular complexity index is 682. The van der Waals surface area contributed by atoms with Gasteiger partial charge >= 0.3 is 0 Å². The van der Waals surface area contributed by atoms with Crippen molar-refractivity contribution in [2.75, 3.05) is 12.4 Å². The van der Waals surface area contributed by atoms with Crippen molar-refractivity contribution in [3.63, 3.8) is 0 Å². The quantitative estimate of drug-likeness (QED) is 0.527. The Morgan fingerprint density at radius 3 is 2.29 bits per heavy atom. The van der Waals surface area contributed by atoms with Crippen LogP contribution in [0.4, 0.5) is 11.5 Å². The molecule has 2 aromatic heterocycles. The minimum absolute atomic E-state index is 0.0163. The maximum Gasteiger partial charge on any atom is 0.275 e. The Morgan fingerprint density at radius 2 is 1.76 bits per heavy atom. The van der Waals surface area contributed by atoms with Crippen molar-refractivity contribution in [2.45, 2.75) is 31.0 Å². The van der Waals surface area contributed by atoms with Gasteiger partial charge in [-0.2, -0.15) is 0 Å². The number of hydrogen-bond acceptors (Lipinski definition) is 7. The summed E-state index contributed by atoms with van der Waals surface area (Å²) in [7, 11) is 1.66. The number of hydrogen-bond donors (Lipinski definition) is 1. The smallest absolute Gasteiger partial charge is 0.275 e. The molecule has 0 saturated carbocycles. The lowest BCUT2D eigenvalue weighted by molar-refractivity contribution is -0.385. The number of nitro groups is 1. The summed E-state index contributed by atoms with van der Waals surface area (Å²) in [5.41, 5.74) is 2.81. The molecule has 2 aromatic rings. The summed E-state index contributed by atoms with van der Waals surface area (Å²) in [5, 5.41) is 14.8. The molecule has 8 heteroatoms. The van der Waals surface area contributed by atoms with Gasteiger partial charge in [-0.3, -0.25) is 10.1 Å². The predicted octanol–water partition coefficient (Wildman–Crippen LogP) is 2.90. The molecule has 0 fully saturated rings. The minimum Gasteiger partial charge on any atom is -0.373 e. The Kier molecular flexibility index (Phi) is 4.37. The predicted molar refractivity (Wildman–Crippen MR) is 80.8 cm³/mol. The highest BCUT2D eigenvalue weighted by atomic mass is 32.2. The highest BCUT2D eigenvalue weighted by Gasteiger charge is 2.13. The van der Waals surface area contributed by atoms with Crippen LogP contribution < -0.4 is 5.32 Å². The van der Waals surface area contributed by atoms with Crippen LogP contribution in [0.15, 0.2) is 22.3 Å². The van der Waals surface area contributed by atoms with E-state index in [0.717, 1.165) is 17.0 Å². The fourth-order valence-electron chi connectivity index (χ4n) is 1.66. The maximum atomic E-state index is 10.9. The molecule has 21 heavy (non-hydrogen) atoms. The van der Waals surface area contributed by atoms with Gasteiger partial charge in [0.25, 0.3) is 5.69 Å². The monoisotopic (exact) mass is 305 g/mol. The van der Waals surface area contributed by atoms with Gasteiger partial charge in [0.1, 0.15) is 10.8 Å². The number of nitrogens with zero attached hydrogens (tertiary/aromatic N) is 4. The molecule has 0 saturated heterocycles. The summed E-state index contributed by atoms with van der Waals surface area (Å²) in [6, 6.07) is 2.80. The van der Waals surface area contributed by atoms with Gasteiger partial charge in [0.05, 0.1) is 11.0 Å². The van der Waals surface area contributed by atoms with Gasteiger partial charge in [-0.05, 0) is 38.1 Å². The first-order valence-corrected chi connectivity index (χ1v) is 7.06. The van der Waals surface area contributed by atoms with Gasteiger partial charge < -0.3 is 5.32 Å². The van der Waals surface area contributed by atoms with Gasteiger partial charge in [0.15, 0.2) is 5.16 Å². The van der Waals surface area contributed by atoms with Gasteiger partial charge in [-0.15, -0.1) is 0 Å². The molecule has 2 rings (SSSR count). The van der Waals surface area contributed by atoms with Crippen molar-refractivity contribution in [2.24, 2.45) is 0 Å². The Labute approximate surface area is 126 Å². The van der Waals surface area contributed by atoms with Gasteiger partial charge in [0.2, 0.25) is 0 Å². The van der Waals surface area contributed by atoms with Gasteiger partial charge in [-0.25, -0.2) is 15.0 Å². The van der Waals surface area contributed by atoms with Crippen molar-refractivity contribution in [3.05, 3.63) is 39.2 Å². The molecular formula is C13H15N5O2S. The molecule has 1 N–H and O–H groups in total. The van der Waals surface area contributed by atoms with Crippen LogP contribution in [-0.4, -0.2) is 26.9 Å². The zero-order valence-electron chi connectivity index (χ0n) is 12.2. The Hall–Kier alpha value is -2.22. The molecule has 7 nitrogen and oxygen atoms in total. The molecule has 0 aliphatic rings. The molecule has 0 aromatic carbocycles. The third kappa shape index (κ3) is 3.46. The molecule has 0 atom stereocenters. The zero-order chi connectivity index (χ0) is 15.6. The lowest BCUT2D eigenvalue weighted by Gasteiger charge is -2.07. The third-order valence-corrected chi connectivity index (χ3v) is 3.84. The van der Waals surface area contributed by atoms with Gasteiger partial charge in [-0.1, -0.05) is 0 Å². The summed E-state index contributed by atoms with van der Waals surface area (Å²) < 4.78 is 0. The first kappa shape index (κ1) is 15.2. The molecule has 2 heterocycles. The van der Waals surface area contributed by atoms with E-state index in [0.29, 0.717) is 16.0 Å². The fraction of sp³-hybridized carbons (Fsp3) is 0.308. The third-order valence-electron chi connectivity index (χ3n) is 3.06. The Morgan fingerprint density at radius 1 is 1.14 bits per heavy atom. The second kappa shape index (κ2) is 6.04. The van der Waals surface area contributed by atoms with Crippen LogP contribution in [0.25, 0.3) is 0 Å². The number of aromatic nitrogens is 3. The van der Waals surface area contributed by atoms with Crippen molar-refractivity contribution in [1.29, 1.82) is 0 Å². The number of pyridine rings is 1. The number of rotatable bonds is 4. The average Bonchev–Trinajstić information content (AvgIpc) is 2.44. The SMILES string of the molecule is CNc1cc([N+](=O)[O-])cc(Sc2nc(C)c(C)c(C)n2)n1. The van der Waals surface area contributed by atoms with E-state index < -0.39 is 4.92 Å². The van der Waals surface area contributed by atoms with E-state index in [-0.39, 0.29) is 5.69 Å². The average molecular weight is 305 g/mol. The zero-order valence-corrected chi connectivity index (χ0v) is 13.0. The van der Waals surface area contributed by atoms with Crippen LogP contribution in [0.2, 0.25) is 0 Å². The van der Waals surface area contributed by atoms with E-state index in [1.807, 2.05) is 20.8 Å². The largest absolute Gasteiger partial charge is 0.373 e. The van der Waals surface area contributed by atoms with Crippen LogP contribution in [0.3, 0.4) is 0 Å². The molecule has 0 amide bonds. The van der Waals surface area contributed by atoms with Gasteiger partial charge in [0, 0.05) is 24.5 Å². The lowest BCUT2D eigenvalue weighted by Crippen LogP contribution is -2.00. The van der Waals surface area contributed by atoms with Crippen molar-refractivity contribution in [3.8, 4) is 0 Å². The number of aryl methyl sites for hydroxylation is 2.